The van der Waals surface area contributed by atoms with Gasteiger partial charge in [-0.15, -0.1) is 11.8 Å². The molecule has 2 atom stereocenters. The molecule has 1 aromatic carbocycles. The van der Waals surface area contributed by atoms with E-state index in [-0.39, 0.29) is 6.42 Å². The van der Waals surface area contributed by atoms with Crippen molar-refractivity contribution in [3.05, 3.63) is 29.8 Å². The molecular weight excluding hydrogens is 256 g/mol. The maximum Gasteiger partial charge on any atom is 0.307 e. The third kappa shape index (κ3) is 4.57. The SMILES string of the molecule is CCC1CCCC(Sc2ccc(CC(=O)O)cc2)C1. The Morgan fingerprint density at radius 1 is 1.32 bits per heavy atom. The van der Waals surface area contributed by atoms with Crippen molar-refractivity contribution in [2.45, 2.75) is 55.6 Å². The molecule has 0 aromatic heterocycles. The molecule has 0 spiro atoms. The average Bonchev–Trinajstić information content (AvgIpc) is 2.41. The molecule has 19 heavy (non-hydrogen) atoms. The second kappa shape index (κ2) is 6.99. The highest BCUT2D eigenvalue weighted by Crippen LogP contribution is 2.37. The van der Waals surface area contributed by atoms with Crippen molar-refractivity contribution < 1.29 is 9.90 Å². The first-order valence-corrected chi connectivity index (χ1v) is 8.02. The van der Waals surface area contributed by atoms with Gasteiger partial charge in [0.1, 0.15) is 0 Å². The van der Waals surface area contributed by atoms with Gasteiger partial charge >= 0.3 is 5.97 Å². The summed E-state index contributed by atoms with van der Waals surface area (Å²) in [4.78, 5) is 11.9. The van der Waals surface area contributed by atoms with Crippen LogP contribution in [0.4, 0.5) is 0 Å². The van der Waals surface area contributed by atoms with E-state index in [1.165, 1.54) is 37.0 Å². The van der Waals surface area contributed by atoms with Crippen molar-refractivity contribution in [2.24, 2.45) is 5.92 Å². The number of carbonyl (C=O) groups is 1. The van der Waals surface area contributed by atoms with Crippen molar-refractivity contribution in [1.29, 1.82) is 0 Å². The van der Waals surface area contributed by atoms with Crippen LogP contribution < -0.4 is 0 Å². The molecule has 1 saturated carbocycles. The van der Waals surface area contributed by atoms with Crippen LogP contribution in [0.3, 0.4) is 0 Å². The topological polar surface area (TPSA) is 37.3 Å². The Bertz CT molecular complexity index is 413. The number of carboxylic acid groups (broad SMARTS) is 1. The maximum absolute atomic E-state index is 10.6. The van der Waals surface area contributed by atoms with Crippen molar-refractivity contribution in [2.75, 3.05) is 0 Å². The van der Waals surface area contributed by atoms with Crippen LogP contribution in [0, 0.1) is 5.92 Å². The third-order valence-corrected chi connectivity index (χ3v) is 5.20. The van der Waals surface area contributed by atoms with Gasteiger partial charge in [0.2, 0.25) is 0 Å². The van der Waals surface area contributed by atoms with Gasteiger partial charge in [-0.1, -0.05) is 38.3 Å². The average molecular weight is 278 g/mol. The fourth-order valence-corrected chi connectivity index (χ4v) is 4.10. The van der Waals surface area contributed by atoms with E-state index >= 15 is 0 Å². The second-order valence-corrected chi connectivity index (χ2v) is 6.77. The lowest BCUT2D eigenvalue weighted by Crippen LogP contribution is -2.16. The molecule has 1 fully saturated rings. The minimum atomic E-state index is -0.765. The Hall–Kier alpha value is -0.960. The molecular formula is C16H22O2S. The molecule has 1 N–H and O–H groups in total. The van der Waals surface area contributed by atoms with E-state index in [9.17, 15) is 4.79 Å². The number of benzene rings is 1. The molecule has 1 aliphatic rings. The van der Waals surface area contributed by atoms with Crippen LogP contribution in [0.1, 0.15) is 44.6 Å². The van der Waals surface area contributed by atoms with E-state index in [0.29, 0.717) is 0 Å². The molecule has 3 heteroatoms. The monoisotopic (exact) mass is 278 g/mol. The van der Waals surface area contributed by atoms with Gasteiger partial charge in [0.05, 0.1) is 6.42 Å². The van der Waals surface area contributed by atoms with Crippen molar-refractivity contribution in [3.8, 4) is 0 Å². The van der Waals surface area contributed by atoms with Crippen molar-refractivity contribution >= 4 is 17.7 Å². The molecule has 2 rings (SSSR count). The Morgan fingerprint density at radius 3 is 2.68 bits per heavy atom. The van der Waals surface area contributed by atoms with Crippen LogP contribution in [-0.4, -0.2) is 16.3 Å². The quantitative estimate of drug-likeness (QED) is 0.868. The van der Waals surface area contributed by atoms with E-state index in [4.69, 9.17) is 5.11 Å². The normalized spacial score (nSPS) is 23.2. The Labute approximate surface area is 119 Å². The number of hydrogen-bond acceptors (Lipinski definition) is 2. The molecule has 0 saturated heterocycles. The van der Waals surface area contributed by atoms with Crippen LogP contribution >= 0.6 is 11.8 Å². The number of hydrogen-bond donors (Lipinski definition) is 1. The summed E-state index contributed by atoms with van der Waals surface area (Å²) in [6.07, 6.45) is 6.81. The van der Waals surface area contributed by atoms with Crippen LogP contribution in [0.5, 0.6) is 0 Å². The van der Waals surface area contributed by atoms with Crippen LogP contribution in [-0.2, 0) is 11.2 Å². The van der Waals surface area contributed by atoms with Gasteiger partial charge in [-0.25, -0.2) is 0 Å². The van der Waals surface area contributed by atoms with Gasteiger partial charge in [0.15, 0.2) is 0 Å². The van der Waals surface area contributed by atoms with Gasteiger partial charge in [0.25, 0.3) is 0 Å². The molecule has 2 unspecified atom stereocenters. The van der Waals surface area contributed by atoms with Gasteiger partial charge in [-0.05, 0) is 36.5 Å². The number of rotatable bonds is 5. The molecule has 0 heterocycles. The molecule has 0 aliphatic heterocycles. The summed E-state index contributed by atoms with van der Waals surface area (Å²) in [5.41, 5.74) is 0.881. The van der Waals surface area contributed by atoms with E-state index in [2.05, 4.69) is 19.1 Å². The Morgan fingerprint density at radius 2 is 2.05 bits per heavy atom. The first kappa shape index (κ1) is 14.4. The molecule has 0 bridgehead atoms. The predicted octanol–water partition coefficient (Wildman–Crippen LogP) is 4.37. The second-order valence-electron chi connectivity index (χ2n) is 5.40. The van der Waals surface area contributed by atoms with Gasteiger partial charge in [-0.3, -0.25) is 4.79 Å². The summed E-state index contributed by atoms with van der Waals surface area (Å²) >= 11 is 1.96. The molecule has 2 nitrogen and oxygen atoms in total. The van der Waals surface area contributed by atoms with Crippen LogP contribution in [0.2, 0.25) is 0 Å². The summed E-state index contributed by atoms with van der Waals surface area (Å²) in [6, 6.07) is 8.02. The first-order chi connectivity index (χ1) is 9.17. The number of carboxylic acids is 1. The largest absolute Gasteiger partial charge is 0.481 e. The predicted molar refractivity (Wildman–Crippen MR) is 79.7 cm³/mol. The number of aliphatic carboxylic acids is 1. The van der Waals surface area contributed by atoms with Gasteiger partial charge in [0, 0.05) is 10.1 Å². The molecule has 1 aromatic rings. The smallest absolute Gasteiger partial charge is 0.307 e. The minimum absolute atomic E-state index is 0.117. The summed E-state index contributed by atoms with van der Waals surface area (Å²) in [5.74, 6) is 0.135. The third-order valence-electron chi connectivity index (χ3n) is 3.89. The van der Waals surface area contributed by atoms with E-state index in [1.807, 2.05) is 23.9 Å². The zero-order valence-electron chi connectivity index (χ0n) is 11.5. The molecule has 1 aliphatic carbocycles. The molecule has 0 amide bonds. The highest BCUT2D eigenvalue weighted by atomic mass is 32.2. The summed E-state index contributed by atoms with van der Waals surface area (Å²) < 4.78 is 0. The maximum atomic E-state index is 10.6. The Kier molecular flexibility index (Phi) is 5.32. The lowest BCUT2D eigenvalue weighted by Gasteiger charge is -2.28. The van der Waals surface area contributed by atoms with E-state index < -0.39 is 5.97 Å². The van der Waals surface area contributed by atoms with Crippen LogP contribution in [0.25, 0.3) is 0 Å². The Balaban J connectivity index is 1.90. The zero-order valence-corrected chi connectivity index (χ0v) is 12.3. The van der Waals surface area contributed by atoms with E-state index in [0.717, 1.165) is 16.7 Å². The first-order valence-electron chi connectivity index (χ1n) is 7.14. The summed E-state index contributed by atoms with van der Waals surface area (Å²) in [5, 5.41) is 9.49. The lowest BCUT2D eigenvalue weighted by atomic mass is 9.87. The molecule has 104 valence electrons. The summed E-state index contributed by atoms with van der Waals surface area (Å²) in [7, 11) is 0. The van der Waals surface area contributed by atoms with Crippen molar-refractivity contribution in [1.82, 2.24) is 0 Å². The van der Waals surface area contributed by atoms with Crippen molar-refractivity contribution in [3.63, 3.8) is 0 Å². The fraction of sp³-hybridized carbons (Fsp3) is 0.562. The number of thioether (sulfide) groups is 1. The van der Waals surface area contributed by atoms with Gasteiger partial charge < -0.3 is 5.11 Å². The molecule has 0 radical (unpaired) electrons. The highest BCUT2D eigenvalue weighted by molar-refractivity contribution is 8.00. The van der Waals surface area contributed by atoms with E-state index in [1.54, 1.807) is 0 Å². The summed E-state index contributed by atoms with van der Waals surface area (Å²) in [6.45, 7) is 2.29. The zero-order chi connectivity index (χ0) is 13.7. The lowest BCUT2D eigenvalue weighted by molar-refractivity contribution is -0.136. The fourth-order valence-electron chi connectivity index (χ4n) is 2.77. The minimum Gasteiger partial charge on any atom is -0.481 e. The van der Waals surface area contributed by atoms with Gasteiger partial charge in [-0.2, -0.15) is 0 Å². The van der Waals surface area contributed by atoms with Crippen LogP contribution in [0.15, 0.2) is 29.2 Å². The highest BCUT2D eigenvalue weighted by Gasteiger charge is 2.21. The standard InChI is InChI=1S/C16H22O2S/c1-2-12-4-3-5-15(10-12)19-14-8-6-13(7-9-14)11-16(17)18/h6-9,12,15H,2-5,10-11H2,1H3,(H,17,18).